The van der Waals surface area contributed by atoms with E-state index in [9.17, 15) is 0 Å². The van der Waals surface area contributed by atoms with E-state index in [1.165, 1.54) is 0 Å². The quantitative estimate of drug-likeness (QED) is 0.523. The molecule has 0 aromatic carbocycles. The first-order valence-corrected chi connectivity index (χ1v) is 10.7. The van der Waals surface area contributed by atoms with Crippen molar-refractivity contribution in [1.82, 2.24) is 0 Å². The first kappa shape index (κ1) is 12.8. The molecule has 0 heterocycles. The summed E-state index contributed by atoms with van der Waals surface area (Å²) in [6.07, 6.45) is -1.49. The molecule has 0 saturated carbocycles. The second-order valence-corrected chi connectivity index (χ2v) is 15.5. The first-order valence-electron chi connectivity index (χ1n) is 4.21. The summed E-state index contributed by atoms with van der Waals surface area (Å²) in [4.78, 5) is 0. The van der Waals surface area contributed by atoms with Gasteiger partial charge in [-0.05, 0) is 31.5 Å². The van der Waals surface area contributed by atoms with Crippen LogP contribution in [0.25, 0.3) is 0 Å². The predicted molar refractivity (Wildman–Crippen MR) is 64.4 cm³/mol. The zero-order valence-electron chi connectivity index (χ0n) is 9.26. The monoisotopic (exact) mass is 224 g/mol. The summed E-state index contributed by atoms with van der Waals surface area (Å²) in [5.74, 6) is 0. The van der Waals surface area contributed by atoms with Crippen molar-refractivity contribution >= 4 is 26.4 Å². The van der Waals surface area contributed by atoms with E-state index in [-0.39, 0.29) is 5.04 Å². The summed E-state index contributed by atoms with van der Waals surface area (Å²) in [5, 5.41) is 0.281. The van der Waals surface area contributed by atoms with Crippen molar-refractivity contribution in [1.29, 1.82) is 0 Å². The molecule has 0 unspecified atom stereocenters. The summed E-state index contributed by atoms with van der Waals surface area (Å²) in [5.41, 5.74) is 0. The summed E-state index contributed by atoms with van der Waals surface area (Å²) >= 11 is 5.33. The van der Waals surface area contributed by atoms with Gasteiger partial charge in [0.1, 0.15) is 0 Å². The zero-order valence-corrected chi connectivity index (χ0v) is 12.0. The molecule has 74 valence electrons. The average Bonchev–Trinajstić information content (AvgIpc) is 1.52. The van der Waals surface area contributed by atoms with Crippen molar-refractivity contribution in [2.75, 3.05) is 13.3 Å². The minimum atomic E-state index is -1.60. The fourth-order valence-electron chi connectivity index (χ4n) is 0.687. The van der Waals surface area contributed by atoms with Crippen LogP contribution in [0.5, 0.6) is 0 Å². The Labute approximate surface area is 83.1 Å². The second kappa shape index (κ2) is 3.53. The highest BCUT2D eigenvalue weighted by atomic mass is 32.4. The standard InChI is InChI=1S/C8H21OPSSi/c1-8(2,3)12(6,7)9-10(4,5)11/h1-7H3. The van der Waals surface area contributed by atoms with E-state index in [2.05, 4.69) is 47.2 Å². The molecule has 0 aliphatic rings. The zero-order chi connectivity index (χ0) is 10.2. The maximum Gasteiger partial charge on any atom is 0.197 e. The summed E-state index contributed by atoms with van der Waals surface area (Å²) in [7, 11) is -1.60. The van der Waals surface area contributed by atoms with Gasteiger partial charge in [-0.2, -0.15) is 0 Å². The van der Waals surface area contributed by atoms with Crippen molar-refractivity contribution in [3.63, 3.8) is 0 Å². The summed E-state index contributed by atoms with van der Waals surface area (Å²) in [6, 6.07) is 0. The summed E-state index contributed by atoms with van der Waals surface area (Å²) < 4.78 is 6.05. The molecule has 0 N–H and O–H groups in total. The van der Waals surface area contributed by atoms with Crippen LogP contribution in [0.3, 0.4) is 0 Å². The maximum atomic E-state index is 6.05. The van der Waals surface area contributed by atoms with Gasteiger partial charge in [0.05, 0.1) is 0 Å². The third-order valence-corrected chi connectivity index (χ3v) is 10.1. The van der Waals surface area contributed by atoms with Gasteiger partial charge < -0.3 is 4.21 Å². The molecule has 0 aromatic rings. The van der Waals surface area contributed by atoms with Crippen LogP contribution >= 0.6 is 6.26 Å². The van der Waals surface area contributed by atoms with Gasteiger partial charge in [0.15, 0.2) is 8.32 Å². The molecule has 0 rings (SSSR count). The Morgan fingerprint density at radius 2 is 1.50 bits per heavy atom. The Morgan fingerprint density at radius 1 is 1.17 bits per heavy atom. The third kappa shape index (κ3) is 4.17. The first-order chi connectivity index (χ1) is 4.96. The molecule has 0 bridgehead atoms. The van der Waals surface area contributed by atoms with Gasteiger partial charge in [-0.3, -0.25) is 0 Å². The van der Waals surface area contributed by atoms with Crippen LogP contribution < -0.4 is 0 Å². The maximum absolute atomic E-state index is 6.05. The van der Waals surface area contributed by atoms with Gasteiger partial charge in [0.2, 0.25) is 0 Å². The molecule has 0 atom stereocenters. The molecular formula is C8H21OPSSi. The van der Waals surface area contributed by atoms with Crippen LogP contribution in [0.4, 0.5) is 0 Å². The highest BCUT2D eigenvalue weighted by molar-refractivity contribution is 8.12. The van der Waals surface area contributed by atoms with E-state index in [0.29, 0.717) is 0 Å². The van der Waals surface area contributed by atoms with Gasteiger partial charge in [-0.25, -0.2) is 0 Å². The van der Waals surface area contributed by atoms with Crippen molar-refractivity contribution in [3.8, 4) is 0 Å². The molecular weight excluding hydrogens is 203 g/mol. The van der Waals surface area contributed by atoms with Gasteiger partial charge in [-0.15, -0.1) is 0 Å². The topological polar surface area (TPSA) is 9.23 Å². The lowest BCUT2D eigenvalue weighted by Crippen LogP contribution is -2.39. The fraction of sp³-hybridized carbons (Fsp3) is 1.00. The molecule has 0 aliphatic heterocycles. The smallest absolute Gasteiger partial charge is 0.197 e. The van der Waals surface area contributed by atoms with E-state index in [4.69, 9.17) is 16.0 Å². The van der Waals surface area contributed by atoms with E-state index in [1.54, 1.807) is 0 Å². The van der Waals surface area contributed by atoms with E-state index >= 15 is 0 Å². The normalized spacial score (nSPS) is 14.9. The van der Waals surface area contributed by atoms with Gasteiger partial charge >= 0.3 is 0 Å². The van der Waals surface area contributed by atoms with Crippen LogP contribution in [0.2, 0.25) is 18.1 Å². The number of rotatable bonds is 2. The minimum absolute atomic E-state index is 0.281. The summed E-state index contributed by atoms with van der Waals surface area (Å²) in [6.45, 7) is 15.3. The van der Waals surface area contributed by atoms with Crippen LogP contribution in [0.15, 0.2) is 0 Å². The Bertz CT molecular complexity index is 202. The Morgan fingerprint density at radius 3 is 1.58 bits per heavy atom. The van der Waals surface area contributed by atoms with Crippen LogP contribution in [0, 0.1) is 0 Å². The molecule has 0 radical (unpaired) electrons. The lowest BCUT2D eigenvalue weighted by Gasteiger charge is -2.38. The Kier molecular flexibility index (Phi) is 3.77. The minimum Gasteiger partial charge on any atom is -0.389 e. The van der Waals surface area contributed by atoms with Gasteiger partial charge in [0, 0.05) is 6.26 Å². The molecule has 0 fully saturated rings. The largest absolute Gasteiger partial charge is 0.389 e. The Balaban J connectivity index is 4.56. The predicted octanol–water partition coefficient (Wildman–Crippen LogP) is 3.66. The average molecular weight is 224 g/mol. The van der Waals surface area contributed by atoms with Crippen molar-refractivity contribution in [3.05, 3.63) is 0 Å². The third-order valence-electron chi connectivity index (χ3n) is 2.25. The van der Waals surface area contributed by atoms with Crippen molar-refractivity contribution in [2.45, 2.75) is 38.9 Å². The second-order valence-electron chi connectivity index (χ2n) is 5.10. The van der Waals surface area contributed by atoms with Crippen LogP contribution in [0.1, 0.15) is 20.8 Å². The molecule has 0 amide bonds. The fourth-order valence-corrected chi connectivity index (χ4v) is 7.86. The molecule has 0 aromatic heterocycles. The SMILES string of the molecule is CC(C)(C)[Si](C)(C)OP(C)(C)=S. The van der Waals surface area contributed by atoms with E-state index in [0.717, 1.165) is 0 Å². The number of hydrogen-bond acceptors (Lipinski definition) is 2. The highest BCUT2D eigenvalue weighted by Gasteiger charge is 2.38. The van der Waals surface area contributed by atoms with Gasteiger partial charge in [0.25, 0.3) is 0 Å². The lowest BCUT2D eigenvalue weighted by molar-refractivity contribution is 0.534. The van der Waals surface area contributed by atoms with Gasteiger partial charge in [-0.1, -0.05) is 32.6 Å². The van der Waals surface area contributed by atoms with E-state index in [1.807, 2.05) is 0 Å². The van der Waals surface area contributed by atoms with Crippen molar-refractivity contribution < 1.29 is 4.21 Å². The van der Waals surface area contributed by atoms with Crippen molar-refractivity contribution in [2.24, 2.45) is 0 Å². The number of hydrogen-bond donors (Lipinski definition) is 0. The highest BCUT2D eigenvalue weighted by Crippen LogP contribution is 2.48. The van der Waals surface area contributed by atoms with Crippen LogP contribution in [-0.2, 0) is 16.0 Å². The molecule has 1 nitrogen and oxygen atoms in total. The molecule has 0 saturated heterocycles. The van der Waals surface area contributed by atoms with E-state index < -0.39 is 14.6 Å². The molecule has 0 spiro atoms. The van der Waals surface area contributed by atoms with Crippen LogP contribution in [-0.4, -0.2) is 21.6 Å². The Hall–Kier alpha value is 0.827. The molecule has 12 heavy (non-hydrogen) atoms. The molecule has 0 aliphatic carbocycles. The molecule has 4 heteroatoms. The lowest BCUT2D eigenvalue weighted by atomic mass is 10.2.